The van der Waals surface area contributed by atoms with Gasteiger partial charge < -0.3 is 10.0 Å². The van der Waals surface area contributed by atoms with Gasteiger partial charge in [-0.05, 0) is 42.7 Å². The zero-order chi connectivity index (χ0) is 22.6. The molecule has 2 atom stereocenters. The Morgan fingerprint density at radius 1 is 1.13 bits per heavy atom. The standard InChI is InChI=1S/C19H20ClN3O.C2HF3O2/c20-16-5-1-4-15(11-16)19(24)23-10-7-17-18(23)6-9-22(17)13-14-3-2-8-21-12-14;3-2(4,5)1(6)7/h1-5,8,11-12,17-18H,6-7,9-10,13H2;(H,6,7)/t17-,18+;/m0./s1. The zero-order valence-corrected chi connectivity index (χ0v) is 17.2. The van der Waals surface area contributed by atoms with Gasteiger partial charge in [-0.1, -0.05) is 23.7 Å². The predicted molar refractivity (Wildman–Crippen MR) is 108 cm³/mol. The average molecular weight is 456 g/mol. The summed E-state index contributed by atoms with van der Waals surface area (Å²) in [6, 6.07) is 12.1. The van der Waals surface area contributed by atoms with Crippen LogP contribution in [0.5, 0.6) is 0 Å². The maximum absolute atomic E-state index is 12.8. The number of carboxylic acids is 1. The third-order valence-electron chi connectivity index (χ3n) is 5.37. The number of rotatable bonds is 3. The highest BCUT2D eigenvalue weighted by molar-refractivity contribution is 6.30. The summed E-state index contributed by atoms with van der Waals surface area (Å²) in [7, 11) is 0. The first-order valence-corrected chi connectivity index (χ1v) is 10.0. The quantitative estimate of drug-likeness (QED) is 0.761. The minimum Gasteiger partial charge on any atom is -0.475 e. The number of nitrogens with zero attached hydrogens (tertiary/aromatic N) is 3. The number of hydrogen-bond acceptors (Lipinski definition) is 4. The lowest BCUT2D eigenvalue weighted by molar-refractivity contribution is -0.192. The van der Waals surface area contributed by atoms with Gasteiger partial charge in [0.15, 0.2) is 0 Å². The SMILES string of the molecule is O=C(O)C(F)(F)F.O=C(c1cccc(Cl)c1)N1CC[C@H]2[C@H]1CCN2Cc1cccnc1. The van der Waals surface area contributed by atoms with Crippen LogP contribution < -0.4 is 0 Å². The number of likely N-dealkylation sites (tertiary alicyclic amines) is 2. The molecule has 2 aliphatic heterocycles. The number of hydrogen-bond donors (Lipinski definition) is 1. The fourth-order valence-electron chi connectivity index (χ4n) is 4.04. The van der Waals surface area contributed by atoms with Gasteiger partial charge in [0.25, 0.3) is 5.91 Å². The molecule has 4 rings (SSSR count). The van der Waals surface area contributed by atoms with Gasteiger partial charge in [-0.2, -0.15) is 13.2 Å². The van der Waals surface area contributed by atoms with Crippen LogP contribution in [0.25, 0.3) is 0 Å². The summed E-state index contributed by atoms with van der Waals surface area (Å²) in [5, 5.41) is 7.74. The lowest BCUT2D eigenvalue weighted by Gasteiger charge is -2.25. The van der Waals surface area contributed by atoms with Crippen molar-refractivity contribution in [1.29, 1.82) is 0 Å². The molecule has 10 heteroatoms. The highest BCUT2D eigenvalue weighted by atomic mass is 35.5. The van der Waals surface area contributed by atoms with E-state index in [0.29, 0.717) is 22.7 Å². The number of carbonyl (C=O) groups is 2. The van der Waals surface area contributed by atoms with Gasteiger partial charge in [-0.15, -0.1) is 0 Å². The molecule has 0 saturated carbocycles. The Hall–Kier alpha value is -2.65. The van der Waals surface area contributed by atoms with Gasteiger partial charge in [0.1, 0.15) is 0 Å². The number of carboxylic acid groups (broad SMARTS) is 1. The second-order valence-electron chi connectivity index (χ2n) is 7.36. The summed E-state index contributed by atoms with van der Waals surface area (Å²) in [4.78, 5) is 30.5. The van der Waals surface area contributed by atoms with Crippen LogP contribution in [0.3, 0.4) is 0 Å². The average Bonchev–Trinajstić information content (AvgIpc) is 3.31. The van der Waals surface area contributed by atoms with Crippen LogP contribution >= 0.6 is 11.6 Å². The zero-order valence-electron chi connectivity index (χ0n) is 16.4. The molecule has 166 valence electrons. The number of fused-ring (bicyclic) bond motifs is 1. The molecule has 0 unspecified atom stereocenters. The number of alkyl halides is 3. The Kier molecular flexibility index (Phi) is 7.17. The van der Waals surface area contributed by atoms with Crippen molar-refractivity contribution in [3.05, 3.63) is 64.9 Å². The van der Waals surface area contributed by atoms with Crippen molar-refractivity contribution in [2.24, 2.45) is 0 Å². The highest BCUT2D eigenvalue weighted by Crippen LogP contribution is 2.33. The molecule has 2 aliphatic rings. The van der Waals surface area contributed by atoms with E-state index in [-0.39, 0.29) is 5.91 Å². The number of benzene rings is 1. The van der Waals surface area contributed by atoms with Crippen LogP contribution in [0.15, 0.2) is 48.8 Å². The van der Waals surface area contributed by atoms with Crippen molar-refractivity contribution < 1.29 is 27.9 Å². The van der Waals surface area contributed by atoms with Crippen LogP contribution in [-0.2, 0) is 11.3 Å². The molecule has 2 fully saturated rings. The molecule has 31 heavy (non-hydrogen) atoms. The Balaban J connectivity index is 0.000000339. The van der Waals surface area contributed by atoms with Gasteiger partial charge in [-0.3, -0.25) is 14.7 Å². The first-order chi connectivity index (χ1) is 14.7. The maximum atomic E-state index is 12.8. The lowest BCUT2D eigenvalue weighted by atomic mass is 10.1. The van der Waals surface area contributed by atoms with E-state index in [2.05, 4.69) is 16.0 Å². The molecular formula is C21H21ClF3N3O3. The summed E-state index contributed by atoms with van der Waals surface area (Å²) in [6.07, 6.45) is 0.725. The molecule has 1 N–H and O–H groups in total. The second-order valence-corrected chi connectivity index (χ2v) is 7.79. The molecule has 2 saturated heterocycles. The predicted octanol–water partition coefficient (Wildman–Crippen LogP) is 3.86. The summed E-state index contributed by atoms with van der Waals surface area (Å²) in [5.74, 6) is -2.65. The van der Waals surface area contributed by atoms with E-state index < -0.39 is 12.1 Å². The fourth-order valence-corrected chi connectivity index (χ4v) is 4.23. The molecule has 0 aliphatic carbocycles. The Labute approximate surface area is 182 Å². The van der Waals surface area contributed by atoms with E-state index in [9.17, 15) is 18.0 Å². The highest BCUT2D eigenvalue weighted by Gasteiger charge is 2.44. The number of halogens is 4. The molecule has 1 aromatic carbocycles. The third kappa shape index (κ3) is 5.74. The summed E-state index contributed by atoms with van der Waals surface area (Å²) < 4.78 is 31.7. The summed E-state index contributed by atoms with van der Waals surface area (Å²) in [6.45, 7) is 2.77. The summed E-state index contributed by atoms with van der Waals surface area (Å²) in [5.41, 5.74) is 1.92. The Bertz CT molecular complexity index is 927. The van der Waals surface area contributed by atoms with Crippen LogP contribution in [0.4, 0.5) is 13.2 Å². The van der Waals surface area contributed by atoms with E-state index in [1.165, 1.54) is 5.56 Å². The second kappa shape index (κ2) is 9.65. The molecule has 6 nitrogen and oxygen atoms in total. The molecular weight excluding hydrogens is 435 g/mol. The Morgan fingerprint density at radius 3 is 2.45 bits per heavy atom. The Morgan fingerprint density at radius 2 is 1.84 bits per heavy atom. The van der Waals surface area contributed by atoms with Gasteiger partial charge >= 0.3 is 12.1 Å². The number of aromatic nitrogens is 1. The maximum Gasteiger partial charge on any atom is 0.490 e. The van der Waals surface area contributed by atoms with E-state index in [0.717, 1.165) is 32.5 Å². The molecule has 1 amide bonds. The summed E-state index contributed by atoms with van der Waals surface area (Å²) >= 11 is 6.04. The van der Waals surface area contributed by atoms with Crippen molar-refractivity contribution in [3.63, 3.8) is 0 Å². The van der Waals surface area contributed by atoms with Crippen LogP contribution in [-0.4, -0.2) is 63.1 Å². The largest absolute Gasteiger partial charge is 0.490 e. The number of amides is 1. The molecule has 2 aromatic rings. The monoisotopic (exact) mass is 455 g/mol. The van der Waals surface area contributed by atoms with Gasteiger partial charge in [-0.25, -0.2) is 4.79 Å². The van der Waals surface area contributed by atoms with E-state index in [4.69, 9.17) is 21.5 Å². The lowest BCUT2D eigenvalue weighted by Crippen LogP contribution is -2.39. The van der Waals surface area contributed by atoms with Crippen molar-refractivity contribution in [2.75, 3.05) is 13.1 Å². The molecule has 0 spiro atoms. The van der Waals surface area contributed by atoms with Crippen LogP contribution in [0.2, 0.25) is 5.02 Å². The number of aliphatic carboxylic acids is 1. The van der Waals surface area contributed by atoms with Crippen molar-refractivity contribution in [1.82, 2.24) is 14.8 Å². The van der Waals surface area contributed by atoms with Crippen molar-refractivity contribution in [2.45, 2.75) is 37.6 Å². The number of pyridine rings is 1. The van der Waals surface area contributed by atoms with Crippen LogP contribution in [0.1, 0.15) is 28.8 Å². The topological polar surface area (TPSA) is 73.7 Å². The third-order valence-corrected chi connectivity index (χ3v) is 5.61. The smallest absolute Gasteiger partial charge is 0.475 e. The molecule has 1 aromatic heterocycles. The van der Waals surface area contributed by atoms with Gasteiger partial charge in [0.05, 0.1) is 0 Å². The van der Waals surface area contributed by atoms with Gasteiger partial charge in [0, 0.05) is 54.7 Å². The molecule has 0 radical (unpaired) electrons. The first kappa shape index (κ1) is 23.0. The van der Waals surface area contributed by atoms with Crippen molar-refractivity contribution >= 4 is 23.5 Å². The van der Waals surface area contributed by atoms with E-state index in [1.807, 2.05) is 29.3 Å². The minimum atomic E-state index is -5.08. The van der Waals surface area contributed by atoms with Crippen molar-refractivity contribution in [3.8, 4) is 0 Å². The van der Waals surface area contributed by atoms with Crippen LogP contribution in [0, 0.1) is 0 Å². The first-order valence-electron chi connectivity index (χ1n) is 9.66. The number of carbonyl (C=O) groups excluding carboxylic acids is 1. The van der Waals surface area contributed by atoms with E-state index in [1.54, 1.807) is 18.3 Å². The normalized spacial score (nSPS) is 20.7. The fraction of sp³-hybridized carbons (Fsp3) is 0.381. The molecule has 3 heterocycles. The molecule has 0 bridgehead atoms. The minimum absolute atomic E-state index is 0.105. The van der Waals surface area contributed by atoms with Gasteiger partial charge in [0.2, 0.25) is 0 Å². The van der Waals surface area contributed by atoms with E-state index >= 15 is 0 Å².